The summed E-state index contributed by atoms with van der Waals surface area (Å²) in [5.41, 5.74) is 1.95. The highest BCUT2D eigenvalue weighted by Crippen LogP contribution is 2.31. The van der Waals surface area contributed by atoms with E-state index in [1.807, 2.05) is 18.2 Å². The number of hydrogen-bond donors (Lipinski definition) is 0. The van der Waals surface area contributed by atoms with Gasteiger partial charge < -0.3 is 9.47 Å². The van der Waals surface area contributed by atoms with Gasteiger partial charge in [-0.2, -0.15) is 0 Å². The van der Waals surface area contributed by atoms with Crippen molar-refractivity contribution in [2.75, 3.05) is 19.8 Å². The van der Waals surface area contributed by atoms with Crippen LogP contribution in [0.15, 0.2) is 18.2 Å². The van der Waals surface area contributed by atoms with Crippen LogP contribution in [0.2, 0.25) is 0 Å². The summed E-state index contributed by atoms with van der Waals surface area (Å²) in [7, 11) is 0. The molecule has 1 aromatic rings. The Labute approximate surface area is 101 Å². The van der Waals surface area contributed by atoms with Crippen LogP contribution < -0.4 is 4.74 Å². The van der Waals surface area contributed by atoms with E-state index in [1.54, 1.807) is 0 Å². The molecule has 3 nitrogen and oxygen atoms in total. The van der Waals surface area contributed by atoms with Crippen molar-refractivity contribution < 1.29 is 14.3 Å². The molecule has 0 spiro atoms. The predicted octanol–water partition coefficient (Wildman–Crippen LogP) is 2.23. The second-order valence-electron chi connectivity index (χ2n) is 4.75. The lowest BCUT2D eigenvalue weighted by Gasteiger charge is -2.13. The third-order valence-corrected chi connectivity index (χ3v) is 3.53. The molecule has 0 N–H and O–H groups in total. The van der Waals surface area contributed by atoms with Gasteiger partial charge in [-0.3, -0.25) is 4.79 Å². The number of Topliss-reactive ketones (excluding diaryl/α,β-unsaturated/α-hetero) is 1. The molecule has 0 radical (unpaired) electrons. The number of benzene rings is 1. The molecule has 2 aliphatic rings. The first kappa shape index (κ1) is 10.8. The summed E-state index contributed by atoms with van der Waals surface area (Å²) in [6.07, 6.45) is 2.53. The summed E-state index contributed by atoms with van der Waals surface area (Å²) in [5, 5.41) is 0. The minimum absolute atomic E-state index is 0.245. The van der Waals surface area contributed by atoms with Crippen LogP contribution in [0.1, 0.15) is 28.8 Å². The zero-order chi connectivity index (χ0) is 11.7. The average Bonchev–Trinajstić information content (AvgIpc) is 2.97. The maximum absolute atomic E-state index is 11.6. The molecule has 0 bridgehead atoms. The normalized spacial score (nSPS) is 22.8. The molecule has 1 aliphatic carbocycles. The van der Waals surface area contributed by atoms with Crippen LogP contribution in [0.4, 0.5) is 0 Å². The molecule has 17 heavy (non-hydrogen) atoms. The molecular formula is C14H16O3. The maximum atomic E-state index is 11.6. The molecule has 1 heterocycles. The van der Waals surface area contributed by atoms with Crippen molar-refractivity contribution in [2.24, 2.45) is 5.92 Å². The van der Waals surface area contributed by atoms with E-state index >= 15 is 0 Å². The quantitative estimate of drug-likeness (QED) is 0.801. The first-order chi connectivity index (χ1) is 8.34. The van der Waals surface area contributed by atoms with Gasteiger partial charge in [0.1, 0.15) is 5.75 Å². The Morgan fingerprint density at radius 2 is 2.29 bits per heavy atom. The van der Waals surface area contributed by atoms with E-state index in [9.17, 15) is 4.79 Å². The standard InChI is InChI=1S/C14H16O3/c15-13-5-4-12-11(13)2-1-3-14(12)17-9-10-6-7-16-8-10/h1-3,10H,4-9H2. The van der Waals surface area contributed by atoms with Crippen molar-refractivity contribution >= 4 is 5.78 Å². The molecule has 1 saturated heterocycles. The molecule has 0 amide bonds. The van der Waals surface area contributed by atoms with Crippen LogP contribution in [-0.4, -0.2) is 25.6 Å². The molecule has 90 valence electrons. The average molecular weight is 232 g/mol. The molecular weight excluding hydrogens is 216 g/mol. The Bertz CT molecular complexity index is 433. The minimum atomic E-state index is 0.245. The monoisotopic (exact) mass is 232 g/mol. The van der Waals surface area contributed by atoms with Gasteiger partial charge in [-0.25, -0.2) is 0 Å². The molecule has 0 saturated carbocycles. The lowest BCUT2D eigenvalue weighted by molar-refractivity contribution is 0.0994. The largest absolute Gasteiger partial charge is 0.493 e. The topological polar surface area (TPSA) is 35.5 Å². The van der Waals surface area contributed by atoms with E-state index in [1.165, 1.54) is 0 Å². The summed E-state index contributed by atoms with van der Waals surface area (Å²) in [5.74, 6) is 1.64. The lowest BCUT2D eigenvalue weighted by atomic mass is 10.1. The highest BCUT2D eigenvalue weighted by Gasteiger charge is 2.23. The molecule has 3 heteroatoms. The van der Waals surface area contributed by atoms with E-state index in [0.717, 1.165) is 42.9 Å². The summed E-state index contributed by atoms with van der Waals surface area (Å²) >= 11 is 0. The predicted molar refractivity (Wildman–Crippen MR) is 63.5 cm³/mol. The van der Waals surface area contributed by atoms with Crippen LogP contribution >= 0.6 is 0 Å². The Balaban J connectivity index is 1.73. The zero-order valence-corrected chi connectivity index (χ0v) is 9.78. The Morgan fingerprint density at radius 3 is 3.12 bits per heavy atom. The highest BCUT2D eigenvalue weighted by atomic mass is 16.5. The zero-order valence-electron chi connectivity index (χ0n) is 9.78. The van der Waals surface area contributed by atoms with Crippen LogP contribution in [0, 0.1) is 5.92 Å². The lowest BCUT2D eigenvalue weighted by Crippen LogP contribution is -2.12. The second-order valence-corrected chi connectivity index (χ2v) is 4.75. The number of rotatable bonds is 3. The fourth-order valence-electron chi connectivity index (χ4n) is 2.52. The SMILES string of the molecule is O=C1CCc2c(OCC3CCOC3)cccc21. The third kappa shape index (κ3) is 2.07. The number of carbonyl (C=O) groups excluding carboxylic acids is 1. The van der Waals surface area contributed by atoms with Crippen molar-refractivity contribution in [3.8, 4) is 5.75 Å². The van der Waals surface area contributed by atoms with Gasteiger partial charge in [-0.05, 0) is 18.9 Å². The fraction of sp³-hybridized carbons (Fsp3) is 0.500. The van der Waals surface area contributed by atoms with Gasteiger partial charge in [0.25, 0.3) is 0 Å². The van der Waals surface area contributed by atoms with E-state index in [2.05, 4.69) is 0 Å². The Morgan fingerprint density at radius 1 is 1.35 bits per heavy atom. The van der Waals surface area contributed by atoms with E-state index < -0.39 is 0 Å². The first-order valence-electron chi connectivity index (χ1n) is 6.20. The highest BCUT2D eigenvalue weighted by molar-refractivity contribution is 6.01. The van der Waals surface area contributed by atoms with Crippen LogP contribution in [-0.2, 0) is 11.2 Å². The van der Waals surface area contributed by atoms with Crippen LogP contribution in [0.25, 0.3) is 0 Å². The summed E-state index contributed by atoms with van der Waals surface area (Å²) in [6.45, 7) is 2.35. The number of hydrogen-bond acceptors (Lipinski definition) is 3. The molecule has 1 atom stereocenters. The second kappa shape index (κ2) is 4.49. The van der Waals surface area contributed by atoms with E-state index in [4.69, 9.17) is 9.47 Å². The molecule has 1 fully saturated rings. The van der Waals surface area contributed by atoms with Gasteiger partial charge in [0.15, 0.2) is 5.78 Å². The Hall–Kier alpha value is -1.35. The van der Waals surface area contributed by atoms with Crippen molar-refractivity contribution in [1.82, 2.24) is 0 Å². The van der Waals surface area contributed by atoms with Gasteiger partial charge in [-0.1, -0.05) is 12.1 Å². The summed E-state index contributed by atoms with van der Waals surface area (Å²) < 4.78 is 11.2. The maximum Gasteiger partial charge on any atom is 0.163 e. The molecule has 1 unspecified atom stereocenters. The van der Waals surface area contributed by atoms with Gasteiger partial charge in [0.05, 0.1) is 13.2 Å². The first-order valence-corrected chi connectivity index (χ1v) is 6.20. The summed E-state index contributed by atoms with van der Waals surface area (Å²) in [6, 6.07) is 5.77. The molecule has 0 aromatic heterocycles. The van der Waals surface area contributed by atoms with Gasteiger partial charge >= 0.3 is 0 Å². The number of fused-ring (bicyclic) bond motifs is 1. The van der Waals surface area contributed by atoms with Crippen molar-refractivity contribution in [3.63, 3.8) is 0 Å². The van der Waals surface area contributed by atoms with Crippen LogP contribution in [0.5, 0.6) is 5.75 Å². The summed E-state index contributed by atoms with van der Waals surface area (Å²) in [4.78, 5) is 11.6. The van der Waals surface area contributed by atoms with Crippen molar-refractivity contribution in [3.05, 3.63) is 29.3 Å². The number of carbonyl (C=O) groups is 1. The smallest absolute Gasteiger partial charge is 0.163 e. The molecule has 1 aromatic carbocycles. The van der Waals surface area contributed by atoms with Crippen molar-refractivity contribution in [2.45, 2.75) is 19.3 Å². The van der Waals surface area contributed by atoms with E-state index in [0.29, 0.717) is 18.9 Å². The van der Waals surface area contributed by atoms with Gasteiger partial charge in [-0.15, -0.1) is 0 Å². The van der Waals surface area contributed by atoms with Crippen molar-refractivity contribution in [1.29, 1.82) is 0 Å². The van der Waals surface area contributed by atoms with Gasteiger partial charge in [0, 0.05) is 30.1 Å². The Kier molecular flexibility index (Phi) is 2.85. The number of ketones is 1. The van der Waals surface area contributed by atoms with Crippen LogP contribution in [0.3, 0.4) is 0 Å². The fourth-order valence-corrected chi connectivity index (χ4v) is 2.52. The number of ether oxygens (including phenoxy) is 2. The van der Waals surface area contributed by atoms with Gasteiger partial charge in [0.2, 0.25) is 0 Å². The molecule has 1 aliphatic heterocycles. The molecule has 3 rings (SSSR count). The third-order valence-electron chi connectivity index (χ3n) is 3.53. The van der Waals surface area contributed by atoms with E-state index in [-0.39, 0.29) is 5.78 Å². The minimum Gasteiger partial charge on any atom is -0.493 e.